The summed E-state index contributed by atoms with van der Waals surface area (Å²) in [7, 11) is 0. The van der Waals surface area contributed by atoms with Crippen molar-refractivity contribution in [2.24, 2.45) is 0 Å². The summed E-state index contributed by atoms with van der Waals surface area (Å²) in [6.45, 7) is 3.83. The van der Waals surface area contributed by atoms with E-state index < -0.39 is 0 Å². The summed E-state index contributed by atoms with van der Waals surface area (Å²) in [5.41, 5.74) is 9.79. The number of nitrogens with two attached hydrogens (primary N) is 1. The molecular formula is C20H23N3O2. The molecule has 0 saturated heterocycles. The van der Waals surface area contributed by atoms with Crippen LogP contribution in [0.1, 0.15) is 18.9 Å². The maximum Gasteiger partial charge on any atom is 0.246 e. The monoisotopic (exact) mass is 337 g/mol. The van der Waals surface area contributed by atoms with E-state index in [1.54, 1.807) is 0 Å². The molecule has 2 aliphatic heterocycles. The summed E-state index contributed by atoms with van der Waals surface area (Å²) >= 11 is 0. The van der Waals surface area contributed by atoms with E-state index in [9.17, 15) is 4.79 Å². The lowest BCUT2D eigenvalue weighted by Gasteiger charge is -2.37. The summed E-state index contributed by atoms with van der Waals surface area (Å²) < 4.78 is 5.88. The number of para-hydroxylation sites is 1. The fourth-order valence-electron chi connectivity index (χ4n) is 3.74. The summed E-state index contributed by atoms with van der Waals surface area (Å²) in [4.78, 5) is 17.1. The first-order chi connectivity index (χ1) is 12.1. The van der Waals surface area contributed by atoms with Gasteiger partial charge in [-0.2, -0.15) is 0 Å². The molecule has 0 bridgehead atoms. The maximum atomic E-state index is 13.0. The first-order valence-corrected chi connectivity index (χ1v) is 8.81. The van der Waals surface area contributed by atoms with Crippen molar-refractivity contribution in [3.8, 4) is 5.75 Å². The van der Waals surface area contributed by atoms with Crippen molar-refractivity contribution in [2.45, 2.75) is 25.9 Å². The highest BCUT2D eigenvalue weighted by Gasteiger charge is 2.28. The Morgan fingerprint density at radius 3 is 2.96 bits per heavy atom. The van der Waals surface area contributed by atoms with Crippen LogP contribution in [0.25, 0.3) is 0 Å². The lowest BCUT2D eigenvalue weighted by atomic mass is 10.0. The second kappa shape index (κ2) is 6.31. The summed E-state index contributed by atoms with van der Waals surface area (Å²) in [5, 5.41) is 0. The molecule has 0 aromatic heterocycles. The Balaban J connectivity index is 1.58. The van der Waals surface area contributed by atoms with Gasteiger partial charge in [0, 0.05) is 24.0 Å². The summed E-state index contributed by atoms with van der Waals surface area (Å²) in [6.07, 6.45) is 2.07. The van der Waals surface area contributed by atoms with Crippen molar-refractivity contribution in [3.63, 3.8) is 0 Å². The molecule has 2 aromatic rings. The number of nitrogen functional groups attached to an aromatic ring is 1. The third-order valence-corrected chi connectivity index (χ3v) is 4.87. The van der Waals surface area contributed by atoms with Gasteiger partial charge in [-0.25, -0.2) is 0 Å². The second-order valence-electron chi connectivity index (χ2n) is 6.81. The Hall–Kier alpha value is -2.69. The van der Waals surface area contributed by atoms with Gasteiger partial charge in [-0.3, -0.25) is 4.79 Å². The number of benzene rings is 2. The van der Waals surface area contributed by atoms with Gasteiger partial charge in [0.1, 0.15) is 11.9 Å². The van der Waals surface area contributed by atoms with Crippen molar-refractivity contribution in [1.82, 2.24) is 0 Å². The maximum absolute atomic E-state index is 13.0. The van der Waals surface area contributed by atoms with E-state index in [4.69, 9.17) is 10.5 Å². The number of anilines is 3. The molecule has 0 fully saturated rings. The summed E-state index contributed by atoms with van der Waals surface area (Å²) in [6, 6.07) is 13.8. The zero-order valence-corrected chi connectivity index (χ0v) is 14.4. The summed E-state index contributed by atoms with van der Waals surface area (Å²) in [5.74, 6) is 0.884. The average molecular weight is 337 g/mol. The third kappa shape index (κ3) is 3.02. The predicted octanol–water partition coefficient (Wildman–Crippen LogP) is 2.84. The Labute approximate surface area is 148 Å². The number of carbonyl (C=O) groups excluding carboxylic acids is 1. The van der Waals surface area contributed by atoms with Crippen molar-refractivity contribution in [2.75, 3.05) is 35.2 Å². The molecule has 1 amide bonds. The minimum absolute atomic E-state index is 0.0238. The largest absolute Gasteiger partial charge is 0.487 e. The number of nitrogens with zero attached hydrogens (tertiary/aromatic N) is 2. The molecule has 2 N–H and O–H groups in total. The van der Waals surface area contributed by atoms with Gasteiger partial charge >= 0.3 is 0 Å². The van der Waals surface area contributed by atoms with E-state index in [-0.39, 0.29) is 12.0 Å². The van der Waals surface area contributed by atoms with E-state index in [2.05, 4.69) is 11.0 Å². The quantitative estimate of drug-likeness (QED) is 0.856. The van der Waals surface area contributed by atoms with Crippen LogP contribution in [0.4, 0.5) is 17.1 Å². The van der Waals surface area contributed by atoms with Crippen LogP contribution in [0.15, 0.2) is 42.5 Å². The van der Waals surface area contributed by atoms with Crippen molar-refractivity contribution < 1.29 is 9.53 Å². The van der Waals surface area contributed by atoms with Gasteiger partial charge in [-0.15, -0.1) is 0 Å². The molecular weight excluding hydrogens is 314 g/mol. The van der Waals surface area contributed by atoms with Crippen molar-refractivity contribution in [1.29, 1.82) is 0 Å². The molecule has 130 valence electrons. The molecule has 2 aliphatic rings. The van der Waals surface area contributed by atoms with Crippen LogP contribution >= 0.6 is 0 Å². The number of hydrogen-bond donors (Lipinski definition) is 1. The highest BCUT2D eigenvalue weighted by molar-refractivity contribution is 5.97. The standard InChI is InChI=1S/C20H23N3O2/c1-14-12-22(18-9-8-16(21)11-19(18)25-14)13-20(24)23-10-4-6-15-5-2-3-7-17(15)23/h2-3,5,7-9,11,14H,4,6,10,12-13,21H2,1H3. The number of carbonyl (C=O) groups is 1. The minimum atomic E-state index is 0.0238. The lowest BCUT2D eigenvalue weighted by molar-refractivity contribution is -0.117. The first-order valence-electron chi connectivity index (χ1n) is 8.81. The van der Waals surface area contributed by atoms with Gasteiger partial charge in [0.05, 0.1) is 18.8 Å². The number of aryl methyl sites for hydroxylation is 1. The molecule has 5 nitrogen and oxygen atoms in total. The molecule has 0 saturated carbocycles. The van der Waals surface area contributed by atoms with Gasteiger partial charge in [0.25, 0.3) is 0 Å². The van der Waals surface area contributed by atoms with Gasteiger partial charge in [-0.1, -0.05) is 18.2 Å². The van der Waals surface area contributed by atoms with Crippen LogP contribution in [0.5, 0.6) is 5.75 Å². The Kier molecular flexibility index (Phi) is 3.99. The molecule has 2 heterocycles. The third-order valence-electron chi connectivity index (χ3n) is 4.87. The number of rotatable bonds is 2. The lowest BCUT2D eigenvalue weighted by Crippen LogP contribution is -2.47. The number of amides is 1. The molecule has 1 unspecified atom stereocenters. The van der Waals surface area contributed by atoms with Crippen molar-refractivity contribution in [3.05, 3.63) is 48.0 Å². The average Bonchev–Trinajstić information content (AvgIpc) is 2.60. The van der Waals surface area contributed by atoms with Crippen LogP contribution in [-0.2, 0) is 11.2 Å². The van der Waals surface area contributed by atoms with Crippen LogP contribution in [0.2, 0.25) is 0 Å². The molecule has 2 aromatic carbocycles. The zero-order chi connectivity index (χ0) is 17.4. The smallest absolute Gasteiger partial charge is 0.246 e. The van der Waals surface area contributed by atoms with E-state index in [1.165, 1.54) is 5.56 Å². The van der Waals surface area contributed by atoms with E-state index >= 15 is 0 Å². The molecule has 25 heavy (non-hydrogen) atoms. The SMILES string of the molecule is CC1CN(CC(=O)N2CCCc3ccccc32)c2ccc(N)cc2O1. The topological polar surface area (TPSA) is 58.8 Å². The van der Waals surface area contributed by atoms with E-state index in [1.807, 2.05) is 48.2 Å². The molecule has 0 aliphatic carbocycles. The first kappa shape index (κ1) is 15.8. The normalized spacial score (nSPS) is 19.0. The van der Waals surface area contributed by atoms with Crippen LogP contribution < -0.4 is 20.3 Å². The molecule has 5 heteroatoms. The molecule has 0 radical (unpaired) electrons. The molecule has 0 spiro atoms. The van der Waals surface area contributed by atoms with Crippen LogP contribution in [-0.4, -0.2) is 31.6 Å². The van der Waals surface area contributed by atoms with E-state index in [0.717, 1.165) is 36.5 Å². The second-order valence-corrected chi connectivity index (χ2v) is 6.81. The van der Waals surface area contributed by atoms with Gasteiger partial charge in [0.2, 0.25) is 5.91 Å². The van der Waals surface area contributed by atoms with Crippen molar-refractivity contribution >= 4 is 23.0 Å². The Morgan fingerprint density at radius 1 is 1.24 bits per heavy atom. The Bertz CT molecular complexity index is 805. The fraction of sp³-hybridized carbons (Fsp3) is 0.350. The fourth-order valence-corrected chi connectivity index (χ4v) is 3.74. The number of ether oxygens (including phenoxy) is 1. The minimum Gasteiger partial charge on any atom is -0.487 e. The van der Waals surface area contributed by atoms with E-state index in [0.29, 0.717) is 18.8 Å². The van der Waals surface area contributed by atoms with Gasteiger partial charge < -0.3 is 20.3 Å². The number of fused-ring (bicyclic) bond motifs is 2. The predicted molar refractivity (Wildman–Crippen MR) is 100 cm³/mol. The molecule has 1 atom stereocenters. The number of hydrogen-bond acceptors (Lipinski definition) is 4. The van der Waals surface area contributed by atoms with Gasteiger partial charge in [0.15, 0.2) is 0 Å². The molecule has 4 rings (SSSR count). The highest BCUT2D eigenvalue weighted by atomic mass is 16.5. The zero-order valence-electron chi connectivity index (χ0n) is 14.4. The van der Waals surface area contributed by atoms with Crippen LogP contribution in [0, 0.1) is 0 Å². The van der Waals surface area contributed by atoms with Gasteiger partial charge in [-0.05, 0) is 43.5 Å². The highest BCUT2D eigenvalue weighted by Crippen LogP contribution is 2.35. The Morgan fingerprint density at radius 2 is 2.08 bits per heavy atom. The van der Waals surface area contributed by atoms with Crippen LogP contribution in [0.3, 0.4) is 0 Å².